The van der Waals surface area contributed by atoms with Gasteiger partial charge in [0.1, 0.15) is 0 Å². The summed E-state index contributed by atoms with van der Waals surface area (Å²) < 4.78 is 6.19. The van der Waals surface area contributed by atoms with Crippen LogP contribution in [0.25, 0.3) is 0 Å². The zero-order valence-electron chi connectivity index (χ0n) is 9.41. The number of thioether (sulfide) groups is 1. The van der Waals surface area contributed by atoms with Gasteiger partial charge in [-0.25, -0.2) is 0 Å². The Labute approximate surface area is 104 Å². The number of hydrogen-bond acceptors (Lipinski definition) is 8. The molecule has 0 saturated heterocycles. The molecule has 96 valence electrons. The molecule has 0 fully saturated rings. The van der Waals surface area contributed by atoms with Crippen molar-refractivity contribution in [2.45, 2.75) is 17.5 Å². The Morgan fingerprint density at radius 1 is 1.44 bits per heavy atom. The Balaban J connectivity index is 2.13. The smallest absolute Gasteiger partial charge is 0.338 e. The number of nitrogens with one attached hydrogen (secondary N) is 1. The Bertz CT molecular complexity index is 659. The second kappa shape index (κ2) is 5.14. The molecule has 0 aromatic carbocycles. The third-order valence-electron chi connectivity index (χ3n) is 1.96. The molecule has 0 atom stereocenters. The van der Waals surface area contributed by atoms with E-state index in [0.717, 1.165) is 0 Å². The van der Waals surface area contributed by atoms with Crippen LogP contribution in [-0.4, -0.2) is 24.9 Å². The van der Waals surface area contributed by atoms with Crippen molar-refractivity contribution in [3.63, 3.8) is 0 Å². The first-order valence-electron chi connectivity index (χ1n) is 4.92. The molecule has 0 saturated carbocycles. The highest BCUT2D eigenvalue weighted by molar-refractivity contribution is 7.98. The topological polar surface area (TPSA) is 133 Å². The number of aromatic nitrogens is 5. The highest BCUT2D eigenvalue weighted by Gasteiger charge is 2.09. The van der Waals surface area contributed by atoms with Crippen LogP contribution in [-0.2, 0) is 19.3 Å². The number of nitrogens with zero attached hydrogens (tertiary/aromatic N) is 4. The molecule has 0 bridgehead atoms. The largest absolute Gasteiger partial charge is 0.339 e. The summed E-state index contributed by atoms with van der Waals surface area (Å²) in [6.07, 6.45) is 0. The fraction of sp³-hybridized carbons (Fsp3) is 0.375. The highest BCUT2D eigenvalue weighted by Crippen LogP contribution is 2.16. The van der Waals surface area contributed by atoms with Crippen LogP contribution >= 0.6 is 11.8 Å². The van der Waals surface area contributed by atoms with Crippen molar-refractivity contribution >= 4 is 11.8 Å². The summed E-state index contributed by atoms with van der Waals surface area (Å²) in [7, 11) is 1.58. The fourth-order valence-corrected chi connectivity index (χ4v) is 1.91. The second-order valence-electron chi connectivity index (χ2n) is 3.30. The van der Waals surface area contributed by atoms with Gasteiger partial charge < -0.3 is 10.3 Å². The van der Waals surface area contributed by atoms with E-state index < -0.39 is 11.1 Å². The molecule has 2 heterocycles. The molecule has 0 amide bonds. The lowest BCUT2D eigenvalue weighted by Crippen LogP contribution is -2.33. The molecule has 0 unspecified atom stereocenters. The zero-order chi connectivity index (χ0) is 13.1. The van der Waals surface area contributed by atoms with Crippen LogP contribution in [0.4, 0.5) is 0 Å². The highest BCUT2D eigenvalue weighted by atomic mass is 32.2. The number of aromatic amines is 1. The first-order valence-corrected chi connectivity index (χ1v) is 5.90. The van der Waals surface area contributed by atoms with Gasteiger partial charge in [-0.1, -0.05) is 16.9 Å². The molecule has 2 aromatic heterocycles. The SMILES string of the molecule is Cn1[nH]c(=O)c(=O)nc1SCc1noc(CN)n1. The number of rotatable bonds is 4. The molecule has 2 rings (SSSR count). The van der Waals surface area contributed by atoms with Crippen LogP contribution in [0.2, 0.25) is 0 Å². The van der Waals surface area contributed by atoms with Crippen molar-refractivity contribution in [1.29, 1.82) is 0 Å². The van der Waals surface area contributed by atoms with Crippen molar-refractivity contribution in [2.24, 2.45) is 12.8 Å². The molecule has 3 N–H and O–H groups in total. The molecule has 18 heavy (non-hydrogen) atoms. The first kappa shape index (κ1) is 12.5. The number of H-pyrrole nitrogens is 1. The van der Waals surface area contributed by atoms with E-state index in [4.69, 9.17) is 10.3 Å². The monoisotopic (exact) mass is 270 g/mol. The molecular formula is C8H10N6O3S. The standard InChI is InChI=1S/C8H10N6O3S/c1-14-8(11-6(15)7(16)12-14)18-3-4-10-5(2-9)17-13-4/h2-3,9H2,1H3,(H,12,16). The lowest BCUT2D eigenvalue weighted by atomic mass is 10.6. The van der Waals surface area contributed by atoms with Gasteiger partial charge in [0.05, 0.1) is 12.3 Å². The minimum atomic E-state index is -0.827. The zero-order valence-corrected chi connectivity index (χ0v) is 10.2. The molecule has 10 heteroatoms. The van der Waals surface area contributed by atoms with E-state index in [9.17, 15) is 9.59 Å². The maximum Gasteiger partial charge on any atom is 0.339 e. The average molecular weight is 270 g/mol. The van der Waals surface area contributed by atoms with Crippen molar-refractivity contribution in [2.75, 3.05) is 0 Å². The number of nitrogens with two attached hydrogens (primary N) is 1. The van der Waals surface area contributed by atoms with E-state index in [1.165, 1.54) is 16.4 Å². The van der Waals surface area contributed by atoms with E-state index in [2.05, 4.69) is 20.2 Å². The van der Waals surface area contributed by atoms with Gasteiger partial charge in [0.25, 0.3) is 0 Å². The van der Waals surface area contributed by atoms with Crippen LogP contribution in [0.1, 0.15) is 11.7 Å². The van der Waals surface area contributed by atoms with Crippen LogP contribution < -0.4 is 16.9 Å². The van der Waals surface area contributed by atoms with E-state index >= 15 is 0 Å². The minimum Gasteiger partial charge on any atom is -0.338 e. The molecule has 0 spiro atoms. The van der Waals surface area contributed by atoms with Gasteiger partial charge in [0, 0.05) is 7.05 Å². The van der Waals surface area contributed by atoms with Gasteiger partial charge in [0.2, 0.25) is 5.89 Å². The maximum atomic E-state index is 11.1. The summed E-state index contributed by atoms with van der Waals surface area (Å²) in [4.78, 5) is 29.7. The third kappa shape index (κ3) is 2.65. The molecule has 0 aliphatic carbocycles. The lowest BCUT2D eigenvalue weighted by molar-refractivity contribution is 0.376. The molecule has 0 radical (unpaired) electrons. The fourth-order valence-electron chi connectivity index (χ4n) is 1.15. The summed E-state index contributed by atoms with van der Waals surface area (Å²) >= 11 is 1.20. The van der Waals surface area contributed by atoms with Crippen molar-refractivity contribution in [1.82, 2.24) is 24.9 Å². The average Bonchev–Trinajstić information content (AvgIpc) is 2.80. The minimum absolute atomic E-state index is 0.174. The Kier molecular flexibility index (Phi) is 3.58. The first-order chi connectivity index (χ1) is 8.60. The Morgan fingerprint density at radius 3 is 2.89 bits per heavy atom. The predicted molar refractivity (Wildman–Crippen MR) is 61.8 cm³/mol. The van der Waals surface area contributed by atoms with Crippen molar-refractivity contribution in [3.05, 3.63) is 32.4 Å². The summed E-state index contributed by atoms with van der Waals surface area (Å²) in [6.45, 7) is 0.174. The van der Waals surface area contributed by atoms with E-state index in [-0.39, 0.29) is 6.54 Å². The van der Waals surface area contributed by atoms with Crippen LogP contribution in [0.15, 0.2) is 19.3 Å². The lowest BCUT2D eigenvalue weighted by Gasteiger charge is -2.03. The maximum absolute atomic E-state index is 11.1. The van der Waals surface area contributed by atoms with Gasteiger partial charge in [-0.05, 0) is 0 Å². The summed E-state index contributed by atoms with van der Waals surface area (Å²) in [6, 6.07) is 0. The molecular weight excluding hydrogens is 260 g/mol. The van der Waals surface area contributed by atoms with Crippen molar-refractivity contribution in [3.8, 4) is 0 Å². The van der Waals surface area contributed by atoms with Gasteiger partial charge in [-0.3, -0.25) is 19.4 Å². The normalized spacial score (nSPS) is 10.8. The Hall–Kier alpha value is -1.94. The van der Waals surface area contributed by atoms with Gasteiger partial charge >= 0.3 is 11.1 Å². The second-order valence-corrected chi connectivity index (χ2v) is 4.24. The molecule has 0 aliphatic heterocycles. The van der Waals surface area contributed by atoms with Crippen LogP contribution in [0.3, 0.4) is 0 Å². The summed E-state index contributed by atoms with van der Waals surface area (Å²) in [5.41, 5.74) is 3.75. The Morgan fingerprint density at radius 2 is 2.22 bits per heavy atom. The quantitative estimate of drug-likeness (QED) is 0.512. The van der Waals surface area contributed by atoms with Crippen molar-refractivity contribution < 1.29 is 4.52 Å². The third-order valence-corrected chi connectivity index (χ3v) is 2.99. The molecule has 2 aromatic rings. The van der Waals surface area contributed by atoms with Gasteiger partial charge in [0.15, 0.2) is 11.0 Å². The number of aryl methyl sites for hydroxylation is 1. The molecule has 0 aliphatic rings. The predicted octanol–water partition coefficient (Wildman–Crippen LogP) is -1.40. The van der Waals surface area contributed by atoms with Gasteiger partial charge in [-0.2, -0.15) is 9.97 Å². The number of hydrogen-bond donors (Lipinski definition) is 2. The van der Waals surface area contributed by atoms with E-state index in [1.807, 2.05) is 0 Å². The summed E-state index contributed by atoms with van der Waals surface area (Å²) in [5.74, 6) is 1.14. The van der Waals surface area contributed by atoms with Crippen LogP contribution in [0.5, 0.6) is 0 Å². The van der Waals surface area contributed by atoms with E-state index in [1.54, 1.807) is 7.05 Å². The van der Waals surface area contributed by atoms with Gasteiger partial charge in [-0.15, -0.1) is 0 Å². The van der Waals surface area contributed by atoms with Crippen LogP contribution in [0, 0.1) is 0 Å². The molecule has 9 nitrogen and oxygen atoms in total. The summed E-state index contributed by atoms with van der Waals surface area (Å²) in [5, 5.41) is 6.40. The van der Waals surface area contributed by atoms with E-state index in [0.29, 0.717) is 22.6 Å².